The van der Waals surface area contributed by atoms with Crippen molar-refractivity contribution in [1.29, 1.82) is 0 Å². The van der Waals surface area contributed by atoms with Gasteiger partial charge in [0.05, 0.1) is 0 Å². The second-order valence-corrected chi connectivity index (χ2v) is 6.76. The van der Waals surface area contributed by atoms with Gasteiger partial charge >= 0.3 is 5.76 Å². The molecule has 0 aliphatic rings. The van der Waals surface area contributed by atoms with Crippen LogP contribution in [0.1, 0.15) is 117 Å². The monoisotopic (exact) mass is 326 g/mol. The topological polar surface area (TPSA) is 58.9 Å². The fourth-order valence-corrected chi connectivity index (χ4v) is 3.18. The molecule has 1 aromatic rings. The van der Waals surface area contributed by atoms with Crippen molar-refractivity contribution < 1.29 is 5.95 Å². The number of H-pyrrole nitrogens is 1. The molecule has 1 atom stereocenters. The summed E-state index contributed by atoms with van der Waals surface area (Å²) < 4.78 is 4.60. The average molecular weight is 327 g/mol. The highest BCUT2D eigenvalue weighted by Crippen LogP contribution is 2.22. The smallest absolute Gasteiger partial charge is 0.296 e. The molecule has 0 saturated heterocycles. The summed E-state index contributed by atoms with van der Waals surface area (Å²) in [5.41, 5.74) is 0. The maximum atomic E-state index is 11.0. The van der Waals surface area contributed by atoms with E-state index < -0.39 is 5.76 Å². The molecule has 0 saturated carbocycles. The lowest BCUT2D eigenvalue weighted by atomic mass is 9.97. The summed E-state index contributed by atoms with van der Waals surface area (Å²) in [6, 6.07) is 0. The molecule has 4 heteroatoms. The summed E-state index contributed by atoms with van der Waals surface area (Å²) in [7, 11) is 0. The summed E-state index contributed by atoms with van der Waals surface area (Å²) in [5, 5.41) is 3.82. The van der Waals surface area contributed by atoms with Gasteiger partial charge in [-0.25, -0.2) is 4.79 Å². The molecule has 0 amide bonds. The van der Waals surface area contributed by atoms with E-state index >= 15 is 0 Å². The summed E-state index contributed by atoms with van der Waals surface area (Å²) in [4.78, 5) is 13.7. The summed E-state index contributed by atoms with van der Waals surface area (Å²) in [6.07, 6.45) is 18.5. The Kier molecular flexibility index (Phi) is 11.6. The van der Waals surface area contributed by atoms with E-state index in [0.717, 1.165) is 18.7 Å². The van der Waals surface area contributed by atoms with E-state index in [1.54, 1.807) is 0 Å². The van der Waals surface area contributed by atoms with Crippen LogP contribution in [0.4, 0.5) is 0 Å². The van der Waals surface area contributed by atoms with Crippen LogP contribution in [0.3, 0.4) is 0 Å². The lowest BCUT2D eigenvalue weighted by molar-refractivity contribution is 0.373. The van der Waals surface area contributed by atoms with Crippen molar-refractivity contribution in [2.75, 3.05) is 0 Å². The van der Waals surface area contributed by atoms with Crippen LogP contribution in [-0.4, -0.2) is 10.1 Å². The van der Waals surface area contributed by atoms with Crippen molar-refractivity contribution in [1.82, 2.24) is 10.1 Å². The minimum atomic E-state index is -0.437. The first-order valence-electron chi connectivity index (χ1n) is 9.83. The van der Waals surface area contributed by atoms with Crippen LogP contribution in [0.15, 0.2) is 9.32 Å². The fraction of sp³-hybridized carbons (Fsp3) is 0.895. The van der Waals surface area contributed by atoms with Gasteiger partial charge < -0.3 is 0 Å². The molecular weight excluding hydrogens is 288 g/mol. The van der Waals surface area contributed by atoms with Crippen molar-refractivity contribution in [3.05, 3.63) is 16.4 Å². The molecule has 1 rings (SSSR count). The Morgan fingerprint density at radius 2 is 1.43 bits per heavy atom. The lowest BCUT2D eigenvalue weighted by Crippen LogP contribution is -2.03. The maximum Gasteiger partial charge on any atom is 0.438 e. The van der Waals surface area contributed by atoms with E-state index in [9.17, 15) is 4.79 Å². The minimum Gasteiger partial charge on any atom is -0.296 e. The first kappa shape index (κ1) is 20.0. The van der Waals surface area contributed by atoms with Gasteiger partial charge in [0.1, 0.15) is 0 Å². The number of rotatable bonds is 15. The second-order valence-electron chi connectivity index (χ2n) is 6.76. The van der Waals surface area contributed by atoms with Crippen LogP contribution in [0.5, 0.6) is 0 Å². The van der Waals surface area contributed by atoms with Gasteiger partial charge in [0.25, 0.3) is 0 Å². The van der Waals surface area contributed by atoms with E-state index in [1.165, 1.54) is 77.0 Å². The van der Waals surface area contributed by atoms with Crippen molar-refractivity contribution in [3.63, 3.8) is 0 Å². The van der Waals surface area contributed by atoms with Crippen LogP contribution in [0, 0.1) is 0 Å². The molecule has 0 aromatic carbocycles. The fourth-order valence-electron chi connectivity index (χ4n) is 3.18. The highest BCUT2D eigenvalue weighted by molar-refractivity contribution is 4.90. The highest BCUT2D eigenvalue weighted by atomic mass is 16.5. The predicted molar refractivity (Wildman–Crippen MR) is 98.0 cm³/mol. The van der Waals surface area contributed by atoms with Crippen molar-refractivity contribution in [3.8, 4) is 0 Å². The lowest BCUT2D eigenvalue weighted by Gasteiger charge is -2.10. The molecule has 0 fully saturated rings. The zero-order valence-electron chi connectivity index (χ0n) is 15.2. The normalized spacial score (nSPS) is 12.6. The van der Waals surface area contributed by atoms with E-state index in [-0.39, 0.29) is 1.43 Å². The molecule has 0 spiro atoms. The van der Waals surface area contributed by atoms with E-state index in [2.05, 4.69) is 28.5 Å². The van der Waals surface area contributed by atoms with Crippen molar-refractivity contribution >= 4 is 0 Å². The molecule has 23 heavy (non-hydrogen) atoms. The Hall–Kier alpha value is -1.06. The third kappa shape index (κ3) is 9.62. The number of unbranched alkanes of at least 4 members (excludes halogenated alkanes) is 11. The summed E-state index contributed by atoms with van der Waals surface area (Å²) in [5.74, 6) is 0.623. The highest BCUT2D eigenvalue weighted by Gasteiger charge is 2.13. The van der Waals surface area contributed by atoms with E-state index in [1.807, 2.05) is 0 Å². The Bertz CT molecular complexity index is 431. The number of hydrogen-bond donors (Lipinski definition) is 1. The van der Waals surface area contributed by atoms with Crippen LogP contribution < -0.4 is 5.76 Å². The molecule has 0 aliphatic carbocycles. The average Bonchev–Trinajstić information content (AvgIpc) is 2.98. The quantitative estimate of drug-likeness (QED) is 0.391. The standard InChI is InChI=1S/C19H36N2O2.H2/c1-3-5-6-7-8-9-10-11-12-13-14-15-16-17(4-2)18-20-19(22)23-21-18;/h17H,3-16H2,1-2H3,(H,20,21,22);1H. The number of aromatic amines is 1. The zero-order valence-corrected chi connectivity index (χ0v) is 15.2. The Morgan fingerprint density at radius 1 is 0.913 bits per heavy atom. The van der Waals surface area contributed by atoms with E-state index in [4.69, 9.17) is 0 Å². The van der Waals surface area contributed by atoms with Crippen LogP contribution in [0.2, 0.25) is 0 Å². The van der Waals surface area contributed by atoms with Crippen LogP contribution in [-0.2, 0) is 0 Å². The van der Waals surface area contributed by atoms with Gasteiger partial charge in [0, 0.05) is 7.34 Å². The molecule has 1 unspecified atom stereocenters. The van der Waals surface area contributed by atoms with Crippen molar-refractivity contribution in [2.45, 2.75) is 110 Å². The minimum absolute atomic E-state index is 0. The third-order valence-electron chi connectivity index (χ3n) is 4.74. The van der Waals surface area contributed by atoms with Crippen LogP contribution >= 0.6 is 0 Å². The second kappa shape index (κ2) is 13.4. The molecule has 4 nitrogen and oxygen atoms in total. The molecule has 0 radical (unpaired) electrons. The number of hydrogen-bond acceptors (Lipinski definition) is 3. The van der Waals surface area contributed by atoms with Crippen LogP contribution in [0.25, 0.3) is 0 Å². The van der Waals surface area contributed by atoms with Gasteiger partial charge in [-0.1, -0.05) is 96.1 Å². The number of nitrogens with one attached hydrogen (secondary N) is 1. The Morgan fingerprint density at radius 3 is 1.87 bits per heavy atom. The zero-order chi connectivity index (χ0) is 16.8. The number of nitrogens with zero attached hydrogens (tertiary/aromatic N) is 1. The SMILES string of the molecule is CCCCCCCCCCCCCCC(CC)c1noc(=O)[nH]1.[HH]. The third-order valence-corrected chi connectivity index (χ3v) is 4.74. The molecule has 1 heterocycles. The molecular formula is C19H38N2O2. The molecule has 1 N–H and O–H groups in total. The Balaban J connectivity index is 0.00000529. The Labute approximate surface area is 142 Å². The van der Waals surface area contributed by atoms with Gasteiger partial charge in [-0.15, -0.1) is 0 Å². The molecule has 0 bridgehead atoms. The maximum absolute atomic E-state index is 11.0. The van der Waals surface area contributed by atoms with Gasteiger partial charge in [-0.3, -0.25) is 9.51 Å². The molecule has 0 aliphatic heterocycles. The predicted octanol–water partition coefficient (Wildman–Crippen LogP) is 6.19. The molecule has 1 aromatic heterocycles. The summed E-state index contributed by atoms with van der Waals surface area (Å²) in [6.45, 7) is 4.41. The van der Waals surface area contributed by atoms with Gasteiger partial charge in [0.2, 0.25) is 0 Å². The first-order valence-corrected chi connectivity index (χ1v) is 9.83. The van der Waals surface area contributed by atoms with Gasteiger partial charge in [-0.05, 0) is 12.8 Å². The largest absolute Gasteiger partial charge is 0.438 e. The first-order chi connectivity index (χ1) is 11.3. The molecule has 136 valence electrons. The van der Waals surface area contributed by atoms with E-state index in [0.29, 0.717) is 5.92 Å². The number of aromatic nitrogens is 2. The van der Waals surface area contributed by atoms with Gasteiger partial charge in [0.15, 0.2) is 5.82 Å². The summed E-state index contributed by atoms with van der Waals surface area (Å²) >= 11 is 0. The van der Waals surface area contributed by atoms with Crippen molar-refractivity contribution in [2.24, 2.45) is 0 Å². The van der Waals surface area contributed by atoms with Gasteiger partial charge in [-0.2, -0.15) is 0 Å².